The number of aryl methyl sites for hydroxylation is 1. The van der Waals surface area contributed by atoms with Crippen molar-refractivity contribution in [2.45, 2.75) is 20.0 Å². The van der Waals surface area contributed by atoms with Crippen molar-refractivity contribution in [3.05, 3.63) is 94.8 Å². The van der Waals surface area contributed by atoms with Crippen molar-refractivity contribution in [1.29, 1.82) is 0 Å². The number of hydrogen-bond donors (Lipinski definition) is 1. The lowest BCUT2D eigenvalue weighted by molar-refractivity contribution is -0.127. The summed E-state index contributed by atoms with van der Waals surface area (Å²) in [6.45, 7) is 3.55. The van der Waals surface area contributed by atoms with Gasteiger partial charge in [0.25, 0.3) is 5.91 Å². The normalized spacial score (nSPS) is 12.3. The first-order valence-corrected chi connectivity index (χ1v) is 9.18. The highest BCUT2D eigenvalue weighted by atomic mass is 35.5. The Balaban J connectivity index is 1.77. The summed E-state index contributed by atoms with van der Waals surface area (Å²) in [6.07, 6.45) is 2.65. The van der Waals surface area contributed by atoms with Gasteiger partial charge in [-0.05, 0) is 49.7 Å². The van der Waals surface area contributed by atoms with E-state index in [0.717, 1.165) is 16.7 Å². The third-order valence-electron chi connectivity index (χ3n) is 4.09. The highest BCUT2D eigenvalue weighted by molar-refractivity contribution is 6.30. The van der Waals surface area contributed by atoms with Crippen LogP contribution in [0.5, 0.6) is 5.75 Å². The minimum atomic E-state index is -0.724. The first-order chi connectivity index (χ1) is 13.5. The average Bonchev–Trinajstić information content (AvgIpc) is 2.71. The number of halogens is 1. The van der Waals surface area contributed by atoms with Crippen LogP contribution in [0, 0.1) is 6.92 Å². The van der Waals surface area contributed by atoms with Crippen LogP contribution in [-0.4, -0.2) is 22.7 Å². The van der Waals surface area contributed by atoms with Crippen LogP contribution in [0.3, 0.4) is 0 Å². The van der Waals surface area contributed by atoms with Crippen molar-refractivity contribution in [3.8, 4) is 5.75 Å². The minimum absolute atomic E-state index is 0.350. The summed E-state index contributed by atoms with van der Waals surface area (Å²) >= 11 is 5.96. The van der Waals surface area contributed by atoms with Gasteiger partial charge < -0.3 is 4.74 Å². The first kappa shape index (κ1) is 19.6. The molecular weight excluding hydrogens is 374 g/mol. The molecule has 5 nitrogen and oxygen atoms in total. The van der Waals surface area contributed by atoms with Crippen LogP contribution in [0.1, 0.15) is 23.6 Å². The standard InChI is InChI=1S/C22H20ClN3O2/c1-15-14-19(23)8-9-20(15)28-16(2)22(27)26-25-21(17-6-4-3-5-7-17)18-10-12-24-13-11-18/h3-14,16H,1-2H3,(H,26,27). The summed E-state index contributed by atoms with van der Waals surface area (Å²) in [7, 11) is 0. The SMILES string of the molecule is Cc1cc(Cl)ccc1OC(C)C(=O)NN=C(c1ccccc1)c1ccncc1. The first-order valence-electron chi connectivity index (χ1n) is 8.81. The number of nitrogens with one attached hydrogen (secondary N) is 1. The number of ether oxygens (including phenoxy) is 1. The molecule has 3 rings (SSSR count). The maximum atomic E-state index is 12.5. The van der Waals surface area contributed by atoms with Gasteiger partial charge in [-0.2, -0.15) is 5.10 Å². The van der Waals surface area contributed by atoms with Crippen LogP contribution in [0.15, 0.2) is 78.2 Å². The van der Waals surface area contributed by atoms with E-state index in [2.05, 4.69) is 15.5 Å². The van der Waals surface area contributed by atoms with Crippen LogP contribution in [-0.2, 0) is 4.79 Å². The Morgan fingerprint density at radius 2 is 1.75 bits per heavy atom. The lowest BCUT2D eigenvalue weighted by atomic mass is 10.0. The van der Waals surface area contributed by atoms with Gasteiger partial charge in [0.05, 0.1) is 5.71 Å². The lowest BCUT2D eigenvalue weighted by Crippen LogP contribution is -2.34. The van der Waals surface area contributed by atoms with Crippen LogP contribution in [0.4, 0.5) is 0 Å². The zero-order chi connectivity index (χ0) is 19.9. The number of rotatable bonds is 6. The quantitative estimate of drug-likeness (QED) is 0.499. The van der Waals surface area contributed by atoms with E-state index in [1.54, 1.807) is 37.5 Å². The summed E-state index contributed by atoms with van der Waals surface area (Å²) in [5, 5.41) is 4.97. The molecular formula is C22H20ClN3O2. The van der Waals surface area contributed by atoms with E-state index in [9.17, 15) is 4.79 Å². The molecule has 1 N–H and O–H groups in total. The molecule has 1 heterocycles. The number of hydrazone groups is 1. The number of nitrogens with zero attached hydrogens (tertiary/aromatic N) is 2. The molecule has 0 fully saturated rings. The Morgan fingerprint density at radius 3 is 2.43 bits per heavy atom. The van der Waals surface area contributed by atoms with Gasteiger partial charge in [0.15, 0.2) is 6.10 Å². The molecule has 0 saturated carbocycles. The van der Waals surface area contributed by atoms with Crippen molar-refractivity contribution in [2.24, 2.45) is 5.10 Å². The molecule has 142 valence electrons. The molecule has 1 aromatic heterocycles. The number of hydrogen-bond acceptors (Lipinski definition) is 4. The fraction of sp³-hybridized carbons (Fsp3) is 0.136. The molecule has 2 aromatic carbocycles. The molecule has 1 unspecified atom stereocenters. The molecule has 0 bridgehead atoms. The number of amides is 1. The van der Waals surface area contributed by atoms with Crippen LogP contribution in [0.25, 0.3) is 0 Å². The van der Waals surface area contributed by atoms with E-state index in [1.807, 2.05) is 49.4 Å². The summed E-state index contributed by atoms with van der Waals surface area (Å²) in [5.41, 5.74) is 5.85. The molecule has 1 atom stereocenters. The van der Waals surface area contributed by atoms with E-state index in [0.29, 0.717) is 16.5 Å². The van der Waals surface area contributed by atoms with Gasteiger partial charge in [-0.1, -0.05) is 41.9 Å². The molecule has 28 heavy (non-hydrogen) atoms. The van der Waals surface area contributed by atoms with Gasteiger partial charge in [-0.25, -0.2) is 5.43 Å². The van der Waals surface area contributed by atoms with Crippen LogP contribution < -0.4 is 10.2 Å². The monoisotopic (exact) mass is 393 g/mol. The van der Waals surface area contributed by atoms with E-state index in [1.165, 1.54) is 0 Å². The smallest absolute Gasteiger partial charge is 0.280 e. The second kappa shape index (κ2) is 9.15. The fourth-order valence-electron chi connectivity index (χ4n) is 2.59. The zero-order valence-corrected chi connectivity index (χ0v) is 16.4. The molecule has 6 heteroatoms. The summed E-state index contributed by atoms with van der Waals surface area (Å²) in [5.74, 6) is 0.255. The topological polar surface area (TPSA) is 63.6 Å². The molecule has 0 saturated heterocycles. The lowest BCUT2D eigenvalue weighted by Gasteiger charge is -2.15. The third kappa shape index (κ3) is 4.96. The number of carbonyl (C=O) groups is 1. The molecule has 3 aromatic rings. The minimum Gasteiger partial charge on any atom is -0.481 e. The maximum Gasteiger partial charge on any atom is 0.280 e. The number of aromatic nitrogens is 1. The summed E-state index contributed by atoms with van der Waals surface area (Å²) < 4.78 is 5.76. The van der Waals surface area contributed by atoms with Crippen molar-refractivity contribution in [1.82, 2.24) is 10.4 Å². The second-order valence-corrected chi connectivity index (χ2v) is 6.64. The number of benzene rings is 2. The van der Waals surface area contributed by atoms with Crippen LogP contribution in [0.2, 0.25) is 5.02 Å². The molecule has 0 radical (unpaired) electrons. The van der Waals surface area contributed by atoms with Crippen molar-refractivity contribution >= 4 is 23.2 Å². The average molecular weight is 394 g/mol. The summed E-state index contributed by atoms with van der Waals surface area (Å²) in [4.78, 5) is 16.5. The summed E-state index contributed by atoms with van der Waals surface area (Å²) in [6, 6.07) is 18.6. The highest BCUT2D eigenvalue weighted by Gasteiger charge is 2.16. The molecule has 1 amide bonds. The number of carbonyl (C=O) groups excluding carboxylic acids is 1. The van der Waals surface area contributed by atoms with Crippen molar-refractivity contribution in [3.63, 3.8) is 0 Å². The van der Waals surface area contributed by atoms with E-state index in [4.69, 9.17) is 16.3 Å². The van der Waals surface area contributed by atoms with Gasteiger partial charge in [-0.3, -0.25) is 9.78 Å². The number of pyridine rings is 1. The Bertz CT molecular complexity index is 934. The maximum absolute atomic E-state index is 12.5. The third-order valence-corrected chi connectivity index (χ3v) is 4.32. The van der Waals surface area contributed by atoms with Gasteiger partial charge in [0.1, 0.15) is 5.75 Å². The predicted octanol–water partition coefficient (Wildman–Crippen LogP) is 4.38. The molecule has 0 spiro atoms. The molecule has 0 aliphatic heterocycles. The van der Waals surface area contributed by atoms with Crippen molar-refractivity contribution < 1.29 is 9.53 Å². The largest absolute Gasteiger partial charge is 0.481 e. The zero-order valence-electron chi connectivity index (χ0n) is 15.6. The van der Waals surface area contributed by atoms with E-state index >= 15 is 0 Å². The van der Waals surface area contributed by atoms with E-state index in [-0.39, 0.29) is 5.91 Å². The van der Waals surface area contributed by atoms with Gasteiger partial charge >= 0.3 is 0 Å². The van der Waals surface area contributed by atoms with Crippen molar-refractivity contribution in [2.75, 3.05) is 0 Å². The molecule has 0 aliphatic carbocycles. The van der Waals surface area contributed by atoms with Gasteiger partial charge in [0.2, 0.25) is 0 Å². The fourth-order valence-corrected chi connectivity index (χ4v) is 2.82. The second-order valence-electron chi connectivity index (χ2n) is 6.21. The Hall–Kier alpha value is -3.18. The Kier molecular flexibility index (Phi) is 6.40. The van der Waals surface area contributed by atoms with Gasteiger partial charge in [0, 0.05) is 28.5 Å². The van der Waals surface area contributed by atoms with Crippen LogP contribution >= 0.6 is 11.6 Å². The predicted molar refractivity (Wildman–Crippen MR) is 111 cm³/mol. The molecule has 0 aliphatic rings. The Labute approximate surface area is 169 Å². The van der Waals surface area contributed by atoms with E-state index < -0.39 is 6.10 Å². The highest BCUT2D eigenvalue weighted by Crippen LogP contribution is 2.22. The Morgan fingerprint density at radius 1 is 1.07 bits per heavy atom. The van der Waals surface area contributed by atoms with Gasteiger partial charge in [-0.15, -0.1) is 0 Å².